The number of benzene rings is 1. The van der Waals surface area contributed by atoms with Crippen LogP contribution in [0.25, 0.3) is 0 Å². The molecule has 0 aliphatic rings. The fraction of sp³-hybridized carbons (Fsp3) is 0.625. The van der Waals surface area contributed by atoms with Gasteiger partial charge in [-0.15, -0.1) is 0 Å². The van der Waals surface area contributed by atoms with Crippen molar-refractivity contribution in [1.82, 2.24) is 5.32 Å². The molecular formula is C16H27NO2. The van der Waals surface area contributed by atoms with Gasteiger partial charge in [0, 0.05) is 19.2 Å². The lowest BCUT2D eigenvalue weighted by Gasteiger charge is -2.25. The Bertz CT molecular complexity index is 354. The van der Waals surface area contributed by atoms with Crippen LogP contribution in [0.3, 0.4) is 0 Å². The number of aryl methyl sites for hydroxylation is 1. The molecule has 0 aromatic heterocycles. The van der Waals surface area contributed by atoms with Crippen LogP contribution in [0, 0.1) is 0 Å². The summed E-state index contributed by atoms with van der Waals surface area (Å²) in [6.45, 7) is 9.94. The van der Waals surface area contributed by atoms with E-state index in [1.54, 1.807) is 7.11 Å². The summed E-state index contributed by atoms with van der Waals surface area (Å²) in [5.74, 6) is 0.898. The number of ether oxygens (including phenoxy) is 2. The van der Waals surface area contributed by atoms with Gasteiger partial charge < -0.3 is 14.8 Å². The van der Waals surface area contributed by atoms with E-state index >= 15 is 0 Å². The van der Waals surface area contributed by atoms with E-state index in [0.717, 1.165) is 18.7 Å². The van der Waals surface area contributed by atoms with Gasteiger partial charge >= 0.3 is 0 Å². The van der Waals surface area contributed by atoms with Crippen molar-refractivity contribution < 1.29 is 9.47 Å². The Morgan fingerprint density at radius 1 is 1.16 bits per heavy atom. The standard InChI is InChI=1S/C16H27NO2/c1-6-13-7-9-14(10-8-13)19-15(12-18-5)11-17-16(2,3)4/h7-10,15,17H,6,11-12H2,1-5H3. The summed E-state index contributed by atoms with van der Waals surface area (Å²) in [6.07, 6.45) is 1.07. The van der Waals surface area contributed by atoms with E-state index in [-0.39, 0.29) is 11.6 Å². The average Bonchev–Trinajstić information content (AvgIpc) is 2.36. The Morgan fingerprint density at radius 3 is 2.26 bits per heavy atom. The van der Waals surface area contributed by atoms with Gasteiger partial charge in [0.15, 0.2) is 0 Å². The topological polar surface area (TPSA) is 30.5 Å². The van der Waals surface area contributed by atoms with E-state index in [1.165, 1.54) is 5.56 Å². The molecule has 3 nitrogen and oxygen atoms in total. The van der Waals surface area contributed by atoms with Crippen molar-refractivity contribution in [2.45, 2.75) is 45.8 Å². The molecule has 0 heterocycles. The van der Waals surface area contributed by atoms with Crippen LogP contribution in [0.2, 0.25) is 0 Å². The van der Waals surface area contributed by atoms with Crippen molar-refractivity contribution >= 4 is 0 Å². The molecule has 0 fully saturated rings. The van der Waals surface area contributed by atoms with Crippen LogP contribution in [-0.2, 0) is 11.2 Å². The summed E-state index contributed by atoms with van der Waals surface area (Å²) in [7, 11) is 1.70. The molecule has 1 aromatic rings. The summed E-state index contributed by atoms with van der Waals surface area (Å²) in [5, 5.41) is 3.44. The van der Waals surface area contributed by atoms with Gasteiger partial charge in [0.1, 0.15) is 11.9 Å². The number of nitrogens with one attached hydrogen (secondary N) is 1. The molecule has 1 N–H and O–H groups in total. The number of hydrogen-bond donors (Lipinski definition) is 1. The zero-order valence-electron chi connectivity index (χ0n) is 12.8. The monoisotopic (exact) mass is 265 g/mol. The molecule has 0 spiro atoms. The minimum Gasteiger partial charge on any atom is -0.487 e. The molecule has 0 radical (unpaired) electrons. The minimum absolute atomic E-state index is 0.0247. The lowest BCUT2D eigenvalue weighted by molar-refractivity contribution is 0.0765. The Kier molecular flexibility index (Phi) is 6.32. The molecule has 19 heavy (non-hydrogen) atoms. The molecule has 0 bridgehead atoms. The highest BCUT2D eigenvalue weighted by molar-refractivity contribution is 5.27. The minimum atomic E-state index is 0.0247. The van der Waals surface area contributed by atoms with Crippen LogP contribution in [0.5, 0.6) is 5.75 Å². The van der Waals surface area contributed by atoms with Crippen molar-refractivity contribution in [3.63, 3.8) is 0 Å². The maximum Gasteiger partial charge on any atom is 0.134 e. The fourth-order valence-corrected chi connectivity index (χ4v) is 1.74. The predicted molar refractivity (Wildman–Crippen MR) is 79.9 cm³/mol. The molecule has 1 atom stereocenters. The highest BCUT2D eigenvalue weighted by Gasteiger charge is 2.15. The van der Waals surface area contributed by atoms with Crippen LogP contribution >= 0.6 is 0 Å². The normalized spacial score (nSPS) is 13.3. The number of methoxy groups -OCH3 is 1. The van der Waals surface area contributed by atoms with Gasteiger partial charge in [-0.1, -0.05) is 19.1 Å². The maximum atomic E-state index is 5.96. The van der Waals surface area contributed by atoms with E-state index in [4.69, 9.17) is 9.47 Å². The van der Waals surface area contributed by atoms with Crippen LogP contribution in [0.15, 0.2) is 24.3 Å². The quantitative estimate of drug-likeness (QED) is 0.822. The van der Waals surface area contributed by atoms with Crippen LogP contribution in [0.4, 0.5) is 0 Å². The van der Waals surface area contributed by atoms with Gasteiger partial charge in [0.05, 0.1) is 6.61 Å². The van der Waals surface area contributed by atoms with Gasteiger partial charge in [-0.25, -0.2) is 0 Å². The second-order valence-electron chi connectivity index (χ2n) is 5.82. The smallest absolute Gasteiger partial charge is 0.134 e. The van der Waals surface area contributed by atoms with Crippen molar-refractivity contribution in [3.05, 3.63) is 29.8 Å². The first kappa shape index (κ1) is 16.0. The molecule has 0 saturated heterocycles. The first-order chi connectivity index (χ1) is 8.94. The Morgan fingerprint density at radius 2 is 1.79 bits per heavy atom. The Hall–Kier alpha value is -1.06. The van der Waals surface area contributed by atoms with Crippen molar-refractivity contribution in [2.24, 2.45) is 0 Å². The SMILES string of the molecule is CCc1ccc(OC(CNC(C)(C)C)COC)cc1. The zero-order chi connectivity index (χ0) is 14.3. The maximum absolute atomic E-state index is 5.96. The molecule has 3 heteroatoms. The van der Waals surface area contributed by atoms with Crippen LogP contribution < -0.4 is 10.1 Å². The molecular weight excluding hydrogens is 238 g/mol. The van der Waals surface area contributed by atoms with E-state index in [0.29, 0.717) is 6.61 Å². The largest absolute Gasteiger partial charge is 0.487 e. The van der Waals surface area contributed by atoms with Crippen molar-refractivity contribution in [1.29, 1.82) is 0 Å². The molecule has 1 aromatic carbocycles. The second-order valence-corrected chi connectivity index (χ2v) is 5.82. The van der Waals surface area contributed by atoms with E-state index in [9.17, 15) is 0 Å². The number of hydrogen-bond acceptors (Lipinski definition) is 3. The third-order valence-corrected chi connectivity index (χ3v) is 2.85. The molecule has 0 amide bonds. The zero-order valence-corrected chi connectivity index (χ0v) is 12.8. The Balaban J connectivity index is 2.56. The van der Waals surface area contributed by atoms with E-state index in [1.807, 2.05) is 12.1 Å². The second kappa shape index (κ2) is 7.51. The van der Waals surface area contributed by atoms with Gasteiger partial charge in [0.2, 0.25) is 0 Å². The molecule has 1 rings (SSSR count). The lowest BCUT2D eigenvalue weighted by Crippen LogP contribution is -2.44. The van der Waals surface area contributed by atoms with Gasteiger partial charge in [-0.2, -0.15) is 0 Å². The third-order valence-electron chi connectivity index (χ3n) is 2.85. The lowest BCUT2D eigenvalue weighted by atomic mass is 10.1. The first-order valence-corrected chi connectivity index (χ1v) is 6.94. The van der Waals surface area contributed by atoms with Gasteiger partial charge in [-0.3, -0.25) is 0 Å². The summed E-state index contributed by atoms with van der Waals surface area (Å²) in [4.78, 5) is 0. The predicted octanol–water partition coefficient (Wildman–Crippen LogP) is 3.03. The molecule has 0 aliphatic heterocycles. The van der Waals surface area contributed by atoms with Gasteiger partial charge in [-0.05, 0) is 44.9 Å². The van der Waals surface area contributed by atoms with Crippen molar-refractivity contribution in [3.8, 4) is 5.75 Å². The summed E-state index contributed by atoms with van der Waals surface area (Å²) < 4.78 is 11.2. The van der Waals surface area contributed by atoms with Crippen molar-refractivity contribution in [2.75, 3.05) is 20.3 Å². The summed E-state index contributed by atoms with van der Waals surface area (Å²) in [5.41, 5.74) is 1.41. The number of rotatable bonds is 7. The third kappa shape index (κ3) is 6.60. The van der Waals surface area contributed by atoms with Crippen LogP contribution in [0.1, 0.15) is 33.3 Å². The average molecular weight is 265 g/mol. The Labute approximate surface area is 117 Å². The van der Waals surface area contributed by atoms with Crippen LogP contribution in [-0.4, -0.2) is 31.9 Å². The molecule has 0 saturated carbocycles. The van der Waals surface area contributed by atoms with E-state index < -0.39 is 0 Å². The highest BCUT2D eigenvalue weighted by atomic mass is 16.5. The first-order valence-electron chi connectivity index (χ1n) is 6.94. The van der Waals surface area contributed by atoms with E-state index in [2.05, 4.69) is 45.1 Å². The summed E-state index contributed by atoms with van der Waals surface area (Å²) in [6, 6.07) is 8.27. The van der Waals surface area contributed by atoms with Gasteiger partial charge in [0.25, 0.3) is 0 Å². The highest BCUT2D eigenvalue weighted by Crippen LogP contribution is 2.14. The summed E-state index contributed by atoms with van der Waals surface area (Å²) >= 11 is 0. The fourth-order valence-electron chi connectivity index (χ4n) is 1.74. The molecule has 108 valence electrons. The molecule has 0 aliphatic carbocycles. The molecule has 1 unspecified atom stereocenters.